The first-order valence-electron chi connectivity index (χ1n) is 14.9. The summed E-state index contributed by atoms with van der Waals surface area (Å²) < 4.78 is 85.9. The SMILES string of the molecule is CC1(c2ccc(OCC(=O)O)cc2)COc2cc(O)ccc2C1CCCCCCCCCS(=O)CCCC(F)(F)C(F)(F)F. The van der Waals surface area contributed by atoms with E-state index in [4.69, 9.17) is 14.6 Å². The van der Waals surface area contributed by atoms with Crippen LogP contribution in [0.25, 0.3) is 0 Å². The molecule has 44 heavy (non-hydrogen) atoms. The maximum absolute atomic E-state index is 13.0. The second kappa shape index (κ2) is 15.9. The first kappa shape index (κ1) is 35.6. The number of carboxylic acid groups (broad SMARTS) is 1. The Labute approximate surface area is 257 Å². The number of rotatable bonds is 18. The highest BCUT2D eigenvalue weighted by molar-refractivity contribution is 7.84. The molecule has 0 radical (unpaired) electrons. The largest absolute Gasteiger partial charge is 0.508 e. The zero-order valence-electron chi connectivity index (χ0n) is 24.8. The lowest BCUT2D eigenvalue weighted by molar-refractivity contribution is -0.284. The summed E-state index contributed by atoms with van der Waals surface area (Å²) in [5, 5.41) is 18.8. The minimum absolute atomic E-state index is 0.115. The summed E-state index contributed by atoms with van der Waals surface area (Å²) in [6.07, 6.45) is -0.0830. The van der Waals surface area contributed by atoms with Crippen LogP contribution < -0.4 is 9.47 Å². The fourth-order valence-corrected chi connectivity index (χ4v) is 6.83. The molecule has 3 rings (SSSR count). The summed E-state index contributed by atoms with van der Waals surface area (Å²) in [7, 11) is -1.40. The molecule has 2 aromatic carbocycles. The van der Waals surface area contributed by atoms with Crippen molar-refractivity contribution in [2.45, 2.75) is 94.6 Å². The number of ether oxygens (including phenoxy) is 2. The molecule has 3 atom stereocenters. The fourth-order valence-electron chi connectivity index (χ4n) is 5.64. The Morgan fingerprint density at radius 2 is 1.57 bits per heavy atom. The number of aromatic hydroxyl groups is 1. The van der Waals surface area contributed by atoms with E-state index in [9.17, 15) is 36.1 Å². The minimum atomic E-state index is -5.57. The highest BCUT2D eigenvalue weighted by Gasteiger charge is 2.56. The number of phenols is 1. The first-order valence-corrected chi connectivity index (χ1v) is 16.4. The molecule has 1 aliphatic rings. The van der Waals surface area contributed by atoms with Gasteiger partial charge in [-0.15, -0.1) is 0 Å². The number of hydrogen-bond acceptors (Lipinski definition) is 5. The van der Waals surface area contributed by atoms with Crippen LogP contribution in [0.3, 0.4) is 0 Å². The molecule has 1 aliphatic heterocycles. The molecule has 6 nitrogen and oxygen atoms in total. The number of aliphatic carboxylic acids is 1. The zero-order chi connectivity index (χ0) is 32.4. The number of alkyl halides is 5. The molecule has 1 heterocycles. The molecule has 12 heteroatoms. The van der Waals surface area contributed by atoms with Gasteiger partial charge in [0, 0.05) is 46.1 Å². The molecule has 3 unspecified atom stereocenters. The van der Waals surface area contributed by atoms with E-state index in [0.29, 0.717) is 30.3 Å². The Morgan fingerprint density at radius 3 is 2.20 bits per heavy atom. The summed E-state index contributed by atoms with van der Waals surface area (Å²) in [6, 6.07) is 12.6. The third-order valence-electron chi connectivity index (χ3n) is 8.19. The highest BCUT2D eigenvalue weighted by atomic mass is 32.2. The summed E-state index contributed by atoms with van der Waals surface area (Å²) in [4.78, 5) is 10.8. The molecule has 0 saturated heterocycles. The van der Waals surface area contributed by atoms with Crippen molar-refractivity contribution in [3.63, 3.8) is 0 Å². The average molecular weight is 649 g/mol. The van der Waals surface area contributed by atoms with Crippen LogP contribution in [-0.2, 0) is 21.0 Å². The Kier molecular flexibility index (Phi) is 12.9. The average Bonchev–Trinajstić information content (AvgIpc) is 2.95. The van der Waals surface area contributed by atoms with Gasteiger partial charge in [-0.1, -0.05) is 63.6 Å². The molecule has 2 N–H and O–H groups in total. The van der Waals surface area contributed by atoms with Crippen LogP contribution in [0.4, 0.5) is 22.0 Å². The Morgan fingerprint density at radius 1 is 0.955 bits per heavy atom. The summed E-state index contributed by atoms with van der Waals surface area (Å²) in [6.45, 7) is 2.14. The van der Waals surface area contributed by atoms with Crippen LogP contribution >= 0.6 is 0 Å². The Bertz CT molecular complexity index is 1240. The molecular weight excluding hydrogens is 607 g/mol. The van der Waals surface area contributed by atoms with Crippen LogP contribution in [0.5, 0.6) is 17.2 Å². The van der Waals surface area contributed by atoms with Gasteiger partial charge in [-0.2, -0.15) is 22.0 Å². The van der Waals surface area contributed by atoms with Crippen molar-refractivity contribution in [3.05, 3.63) is 53.6 Å². The smallest absolute Gasteiger partial charge is 0.453 e. The van der Waals surface area contributed by atoms with Gasteiger partial charge in [0.15, 0.2) is 6.61 Å². The van der Waals surface area contributed by atoms with E-state index in [1.165, 1.54) is 0 Å². The van der Waals surface area contributed by atoms with Crippen molar-refractivity contribution in [1.29, 1.82) is 0 Å². The van der Waals surface area contributed by atoms with Crippen molar-refractivity contribution in [3.8, 4) is 17.2 Å². The quantitative estimate of drug-likeness (QED) is 0.125. The zero-order valence-corrected chi connectivity index (χ0v) is 25.7. The first-order chi connectivity index (χ1) is 20.7. The number of halogens is 5. The molecule has 2 aromatic rings. The lowest BCUT2D eigenvalue weighted by Gasteiger charge is -2.43. The van der Waals surface area contributed by atoms with E-state index >= 15 is 0 Å². The monoisotopic (exact) mass is 648 g/mol. The van der Waals surface area contributed by atoms with Gasteiger partial charge in [0.2, 0.25) is 0 Å². The van der Waals surface area contributed by atoms with E-state index < -0.39 is 48.3 Å². The van der Waals surface area contributed by atoms with Crippen molar-refractivity contribution >= 4 is 16.8 Å². The maximum atomic E-state index is 13.0. The van der Waals surface area contributed by atoms with Gasteiger partial charge in [-0.25, -0.2) is 4.79 Å². The standard InChI is InChI=1S/C32H41F5O6S/c1-30(23-11-14-25(15-12-23)42-21-29(39)40)22-43-28-20-24(38)13-16-26(28)27(30)10-7-5-3-2-4-6-8-18-44(41)19-9-17-31(33,34)32(35,36)37/h11-16,20,27,38H,2-10,17-19,21-22H2,1H3,(H,39,40). The molecule has 0 bridgehead atoms. The van der Waals surface area contributed by atoms with Crippen LogP contribution in [0.1, 0.15) is 88.2 Å². The van der Waals surface area contributed by atoms with E-state index in [0.717, 1.165) is 56.1 Å². The molecule has 246 valence electrons. The van der Waals surface area contributed by atoms with Gasteiger partial charge in [-0.3, -0.25) is 4.21 Å². The maximum Gasteiger partial charge on any atom is 0.453 e. The molecular formula is C32H41F5O6S. The molecule has 0 amide bonds. The second-order valence-corrected chi connectivity index (χ2v) is 13.3. The lowest BCUT2D eigenvalue weighted by Crippen LogP contribution is -2.40. The third kappa shape index (κ3) is 10.1. The van der Waals surface area contributed by atoms with E-state index in [1.807, 2.05) is 18.2 Å². The third-order valence-corrected chi connectivity index (χ3v) is 9.68. The predicted octanol–water partition coefficient (Wildman–Crippen LogP) is 8.14. The van der Waals surface area contributed by atoms with Crippen molar-refractivity contribution in [1.82, 2.24) is 0 Å². The van der Waals surface area contributed by atoms with E-state index in [1.54, 1.807) is 24.3 Å². The summed E-state index contributed by atoms with van der Waals surface area (Å²) in [5.74, 6) is -4.24. The molecule has 0 saturated carbocycles. The molecule has 0 aliphatic carbocycles. The van der Waals surface area contributed by atoms with E-state index in [2.05, 4.69) is 6.92 Å². The number of carboxylic acids is 1. The molecule has 0 fully saturated rings. The topological polar surface area (TPSA) is 93.1 Å². The van der Waals surface area contributed by atoms with Crippen molar-refractivity contribution < 1.29 is 50.6 Å². The summed E-state index contributed by atoms with van der Waals surface area (Å²) >= 11 is 0. The second-order valence-electron chi connectivity index (χ2n) is 11.6. The number of phenolic OH excluding ortho intramolecular Hbond substituents is 1. The van der Waals surface area contributed by atoms with Crippen LogP contribution in [0.15, 0.2) is 42.5 Å². The van der Waals surface area contributed by atoms with Crippen molar-refractivity contribution in [2.24, 2.45) is 0 Å². The normalized spacial score (nSPS) is 19.2. The van der Waals surface area contributed by atoms with Crippen LogP contribution in [0, 0.1) is 0 Å². The van der Waals surface area contributed by atoms with Gasteiger partial charge < -0.3 is 19.7 Å². The van der Waals surface area contributed by atoms with Crippen LogP contribution in [0.2, 0.25) is 0 Å². The van der Waals surface area contributed by atoms with Gasteiger partial charge in [0.25, 0.3) is 0 Å². The number of benzene rings is 2. The lowest BCUT2D eigenvalue weighted by atomic mass is 9.66. The van der Waals surface area contributed by atoms with Crippen LogP contribution in [-0.4, -0.2) is 57.2 Å². The Hall–Kier alpha value is -2.89. The predicted molar refractivity (Wildman–Crippen MR) is 158 cm³/mol. The number of fused-ring (bicyclic) bond motifs is 1. The highest BCUT2D eigenvalue weighted by Crippen LogP contribution is 2.50. The fraction of sp³-hybridized carbons (Fsp3) is 0.594. The van der Waals surface area contributed by atoms with E-state index in [-0.39, 0.29) is 22.8 Å². The van der Waals surface area contributed by atoms with Gasteiger partial charge >= 0.3 is 18.1 Å². The Balaban J connectivity index is 1.43. The van der Waals surface area contributed by atoms with Gasteiger partial charge in [0.05, 0.1) is 6.61 Å². The summed E-state index contributed by atoms with van der Waals surface area (Å²) in [5.41, 5.74) is 1.70. The number of unbranched alkanes of at least 4 members (excludes halogenated alkanes) is 6. The van der Waals surface area contributed by atoms with Crippen molar-refractivity contribution in [2.75, 3.05) is 24.7 Å². The minimum Gasteiger partial charge on any atom is -0.508 e. The molecule has 0 aromatic heterocycles. The number of hydrogen-bond donors (Lipinski definition) is 2. The van der Waals surface area contributed by atoms with Gasteiger partial charge in [-0.05, 0) is 48.6 Å². The molecule has 0 spiro atoms. The number of carbonyl (C=O) groups is 1. The van der Waals surface area contributed by atoms with Gasteiger partial charge in [0.1, 0.15) is 17.2 Å².